The van der Waals surface area contributed by atoms with Crippen LogP contribution in [0.1, 0.15) is 10.4 Å². The molecule has 0 spiro atoms. The van der Waals surface area contributed by atoms with Crippen LogP contribution in [0.5, 0.6) is 5.75 Å². The van der Waals surface area contributed by atoms with Gasteiger partial charge < -0.3 is 20.0 Å². The number of methoxy groups -OCH3 is 1. The minimum atomic E-state index is -1.36. The van der Waals surface area contributed by atoms with Crippen LogP contribution in [-0.4, -0.2) is 24.9 Å². The Morgan fingerprint density at radius 2 is 1.81 bits per heavy atom. The Bertz CT molecular complexity index is 937. The third kappa shape index (κ3) is 3.12. The largest absolute Gasteiger partial charge is 0.545 e. The highest BCUT2D eigenvalue weighted by molar-refractivity contribution is 6.53. The molecule has 2 amide bonds. The van der Waals surface area contributed by atoms with Crippen molar-refractivity contribution in [3.8, 4) is 5.75 Å². The van der Waals surface area contributed by atoms with E-state index in [-0.39, 0.29) is 22.0 Å². The van der Waals surface area contributed by atoms with Crippen molar-refractivity contribution in [3.63, 3.8) is 0 Å². The van der Waals surface area contributed by atoms with Gasteiger partial charge in [-0.05, 0) is 42.0 Å². The number of benzene rings is 2. The summed E-state index contributed by atoms with van der Waals surface area (Å²) >= 11 is 6.03. The summed E-state index contributed by atoms with van der Waals surface area (Å²) in [6.07, 6.45) is 0. The molecule has 2 aromatic carbocycles. The summed E-state index contributed by atoms with van der Waals surface area (Å²) < 4.78 is 5.05. The van der Waals surface area contributed by atoms with Gasteiger partial charge in [0, 0.05) is 5.69 Å². The molecule has 0 aromatic heterocycles. The number of amides is 2. The maximum absolute atomic E-state index is 12.6. The molecule has 0 atom stereocenters. The van der Waals surface area contributed by atoms with Crippen LogP contribution in [0.15, 0.2) is 59.3 Å². The van der Waals surface area contributed by atoms with Gasteiger partial charge in [-0.1, -0.05) is 23.7 Å². The quantitative estimate of drug-likeness (QED) is 0.799. The molecule has 0 saturated carbocycles. The van der Waals surface area contributed by atoms with Gasteiger partial charge in [-0.3, -0.25) is 9.59 Å². The number of carboxylic acids is 1. The maximum atomic E-state index is 12.6. The van der Waals surface area contributed by atoms with Gasteiger partial charge in [0.2, 0.25) is 0 Å². The maximum Gasteiger partial charge on any atom is 0.283 e. The lowest BCUT2D eigenvalue weighted by molar-refractivity contribution is -0.255. The minimum absolute atomic E-state index is 0.0736. The number of hydrogen-bond acceptors (Lipinski definition) is 6. The van der Waals surface area contributed by atoms with E-state index in [4.69, 9.17) is 16.3 Å². The summed E-state index contributed by atoms with van der Waals surface area (Å²) in [5.74, 6) is -2.11. The predicted molar refractivity (Wildman–Crippen MR) is 92.8 cm³/mol. The number of carboxylic acid groups (broad SMARTS) is 1. The zero-order valence-corrected chi connectivity index (χ0v) is 14.2. The Morgan fingerprint density at radius 1 is 1.12 bits per heavy atom. The average molecular weight is 372 g/mol. The first-order chi connectivity index (χ1) is 12.4. The molecule has 2 aromatic rings. The Labute approximate surface area is 153 Å². The van der Waals surface area contributed by atoms with Gasteiger partial charge in [-0.15, -0.1) is 0 Å². The lowest BCUT2D eigenvalue weighted by Gasteiger charge is -2.15. The van der Waals surface area contributed by atoms with Crippen LogP contribution in [-0.2, 0) is 9.59 Å². The van der Waals surface area contributed by atoms with E-state index in [1.807, 2.05) is 0 Å². The highest BCUT2D eigenvalue weighted by Gasteiger charge is 2.38. The molecule has 132 valence electrons. The summed E-state index contributed by atoms with van der Waals surface area (Å²) in [7, 11) is 1.50. The first-order valence-electron chi connectivity index (χ1n) is 7.43. The fraction of sp³-hybridized carbons (Fsp3) is 0.0556. The molecular weight excluding hydrogens is 360 g/mol. The number of halogens is 1. The Balaban J connectivity index is 1.89. The molecule has 0 bridgehead atoms. The van der Waals surface area contributed by atoms with E-state index in [1.54, 1.807) is 24.3 Å². The predicted octanol–water partition coefficient (Wildman–Crippen LogP) is 1.49. The Hall–Kier alpha value is -3.32. The highest BCUT2D eigenvalue weighted by atomic mass is 35.5. The van der Waals surface area contributed by atoms with Gasteiger partial charge >= 0.3 is 0 Å². The number of rotatable bonds is 5. The zero-order chi connectivity index (χ0) is 18.8. The third-order valence-corrected chi connectivity index (χ3v) is 4.08. The number of carbonyl (C=O) groups is 3. The van der Waals surface area contributed by atoms with Crippen molar-refractivity contribution in [1.29, 1.82) is 0 Å². The number of imide groups is 1. The summed E-state index contributed by atoms with van der Waals surface area (Å²) in [5, 5.41) is 13.4. The SMILES string of the molecule is COc1ccc(N2C(=O)C(Cl)=C(Nc3cccc(C(=O)[O-])c3)C2=O)cc1. The molecule has 1 aliphatic rings. The van der Waals surface area contributed by atoms with Crippen LogP contribution in [0.4, 0.5) is 11.4 Å². The number of hydrogen-bond donors (Lipinski definition) is 1. The van der Waals surface area contributed by atoms with Crippen LogP contribution >= 0.6 is 11.6 Å². The van der Waals surface area contributed by atoms with Gasteiger partial charge in [-0.2, -0.15) is 0 Å². The Kier molecular flexibility index (Phi) is 4.64. The summed E-state index contributed by atoms with van der Waals surface area (Å²) in [6.45, 7) is 0. The first kappa shape index (κ1) is 17.5. The molecule has 0 fully saturated rings. The lowest BCUT2D eigenvalue weighted by atomic mass is 10.2. The molecule has 0 aliphatic carbocycles. The number of aromatic carboxylic acids is 1. The molecule has 8 heteroatoms. The number of anilines is 2. The highest BCUT2D eigenvalue weighted by Crippen LogP contribution is 2.31. The normalized spacial score (nSPS) is 14.0. The molecular formula is C18H12ClN2O5-. The zero-order valence-electron chi connectivity index (χ0n) is 13.5. The molecule has 26 heavy (non-hydrogen) atoms. The van der Waals surface area contributed by atoms with E-state index < -0.39 is 17.8 Å². The Morgan fingerprint density at radius 3 is 2.42 bits per heavy atom. The molecule has 1 heterocycles. The van der Waals surface area contributed by atoms with E-state index in [1.165, 1.54) is 31.4 Å². The van der Waals surface area contributed by atoms with Crippen LogP contribution < -0.4 is 20.1 Å². The van der Waals surface area contributed by atoms with E-state index in [9.17, 15) is 19.5 Å². The second kappa shape index (κ2) is 6.89. The van der Waals surface area contributed by atoms with Crippen molar-refractivity contribution in [1.82, 2.24) is 0 Å². The average Bonchev–Trinajstić information content (AvgIpc) is 2.85. The summed E-state index contributed by atoms with van der Waals surface area (Å²) in [4.78, 5) is 36.9. The first-order valence-corrected chi connectivity index (χ1v) is 7.81. The standard InChI is InChI=1S/C18H13ClN2O5/c1-26-13-7-5-12(6-8-13)21-16(22)14(19)15(17(21)23)20-11-4-2-3-10(9-11)18(24)25/h2-9,20H,1H3,(H,24,25)/p-1. The molecule has 3 rings (SSSR count). The van der Waals surface area contributed by atoms with Crippen molar-refractivity contribution >= 4 is 40.8 Å². The third-order valence-electron chi connectivity index (χ3n) is 3.73. The molecule has 0 unspecified atom stereocenters. The fourth-order valence-corrected chi connectivity index (χ4v) is 2.66. The van der Waals surface area contributed by atoms with Gasteiger partial charge in [0.15, 0.2) is 0 Å². The van der Waals surface area contributed by atoms with Crippen molar-refractivity contribution in [2.45, 2.75) is 0 Å². The van der Waals surface area contributed by atoms with Gasteiger partial charge in [0.1, 0.15) is 16.5 Å². The van der Waals surface area contributed by atoms with Crippen molar-refractivity contribution in [2.75, 3.05) is 17.3 Å². The number of ether oxygens (including phenoxy) is 1. The minimum Gasteiger partial charge on any atom is -0.545 e. The van der Waals surface area contributed by atoms with Crippen molar-refractivity contribution in [3.05, 3.63) is 64.8 Å². The molecule has 1 N–H and O–H groups in total. The fourth-order valence-electron chi connectivity index (χ4n) is 2.45. The number of carbonyl (C=O) groups excluding carboxylic acids is 3. The van der Waals surface area contributed by atoms with Gasteiger partial charge in [0.25, 0.3) is 11.8 Å². The van der Waals surface area contributed by atoms with Crippen LogP contribution in [0.3, 0.4) is 0 Å². The van der Waals surface area contributed by atoms with E-state index in [0.29, 0.717) is 11.4 Å². The molecule has 7 nitrogen and oxygen atoms in total. The van der Waals surface area contributed by atoms with E-state index in [0.717, 1.165) is 4.90 Å². The monoisotopic (exact) mass is 371 g/mol. The second-order valence-corrected chi connectivity index (χ2v) is 5.70. The molecule has 0 radical (unpaired) electrons. The van der Waals surface area contributed by atoms with E-state index in [2.05, 4.69) is 5.32 Å². The molecule has 1 aliphatic heterocycles. The smallest absolute Gasteiger partial charge is 0.283 e. The summed E-state index contributed by atoms with van der Waals surface area (Å²) in [6, 6.07) is 12.0. The number of nitrogens with one attached hydrogen (secondary N) is 1. The van der Waals surface area contributed by atoms with Crippen molar-refractivity contribution < 1.29 is 24.2 Å². The van der Waals surface area contributed by atoms with Crippen LogP contribution in [0, 0.1) is 0 Å². The van der Waals surface area contributed by atoms with Crippen LogP contribution in [0.2, 0.25) is 0 Å². The van der Waals surface area contributed by atoms with Crippen LogP contribution in [0.25, 0.3) is 0 Å². The number of nitrogens with zero attached hydrogens (tertiary/aromatic N) is 1. The summed E-state index contributed by atoms with van der Waals surface area (Å²) in [5.41, 5.74) is 0.412. The topological polar surface area (TPSA) is 98.8 Å². The van der Waals surface area contributed by atoms with Gasteiger partial charge in [0.05, 0.1) is 18.8 Å². The van der Waals surface area contributed by atoms with Gasteiger partial charge in [-0.25, -0.2) is 4.90 Å². The second-order valence-electron chi connectivity index (χ2n) is 5.33. The van der Waals surface area contributed by atoms with E-state index >= 15 is 0 Å². The molecule has 0 saturated heterocycles. The van der Waals surface area contributed by atoms with Crippen molar-refractivity contribution in [2.24, 2.45) is 0 Å². The lowest BCUT2D eigenvalue weighted by Crippen LogP contribution is -2.32.